The first-order valence-electron chi connectivity index (χ1n) is 13.7. The molecule has 9 N–H and O–H groups in total. The Bertz CT molecular complexity index is 1410. The molecule has 4 unspecified atom stereocenters. The zero-order valence-electron chi connectivity index (χ0n) is 23.6. The van der Waals surface area contributed by atoms with Gasteiger partial charge in [0.1, 0.15) is 18.1 Å². The monoisotopic (exact) mass is 578 g/mol. The molecular weight excluding hydrogens is 540 g/mol. The van der Waals surface area contributed by atoms with Gasteiger partial charge in [-0.15, -0.1) is 0 Å². The highest BCUT2D eigenvalue weighted by atomic mass is 16.4. The molecule has 42 heavy (non-hydrogen) atoms. The summed E-state index contributed by atoms with van der Waals surface area (Å²) in [7, 11) is 0. The molecule has 3 aromatic rings. The van der Waals surface area contributed by atoms with Crippen molar-refractivity contribution in [2.24, 2.45) is 17.4 Å². The van der Waals surface area contributed by atoms with Gasteiger partial charge in [0.2, 0.25) is 23.6 Å². The van der Waals surface area contributed by atoms with Crippen LogP contribution in [0.5, 0.6) is 0 Å². The third kappa shape index (κ3) is 9.16. The number of aromatic amines is 1. The van der Waals surface area contributed by atoms with E-state index in [1.165, 1.54) is 0 Å². The number of nitrogens with two attached hydrogens (primary N) is 2. The number of nitrogens with one attached hydrogen (secondary N) is 4. The van der Waals surface area contributed by atoms with Crippen LogP contribution >= 0.6 is 0 Å². The zero-order valence-corrected chi connectivity index (χ0v) is 23.6. The van der Waals surface area contributed by atoms with Gasteiger partial charge >= 0.3 is 5.97 Å². The summed E-state index contributed by atoms with van der Waals surface area (Å²) in [6.07, 6.45) is 1.55. The highest BCUT2D eigenvalue weighted by Gasteiger charge is 2.32. The van der Waals surface area contributed by atoms with Gasteiger partial charge in [-0.1, -0.05) is 62.4 Å². The number of hydrogen-bond acceptors (Lipinski definition) is 6. The fraction of sp³-hybridized carbons (Fsp3) is 0.367. The van der Waals surface area contributed by atoms with Crippen LogP contribution in [0.3, 0.4) is 0 Å². The van der Waals surface area contributed by atoms with E-state index in [1.807, 2.05) is 38.1 Å². The zero-order chi connectivity index (χ0) is 30.8. The van der Waals surface area contributed by atoms with Crippen molar-refractivity contribution < 1.29 is 29.1 Å². The first-order valence-corrected chi connectivity index (χ1v) is 13.7. The Hall–Kier alpha value is -4.71. The molecule has 0 saturated heterocycles. The summed E-state index contributed by atoms with van der Waals surface area (Å²) in [6, 6.07) is 11.3. The van der Waals surface area contributed by atoms with E-state index < -0.39 is 60.2 Å². The number of benzene rings is 2. The molecule has 224 valence electrons. The summed E-state index contributed by atoms with van der Waals surface area (Å²) >= 11 is 0. The van der Waals surface area contributed by atoms with Crippen molar-refractivity contribution >= 4 is 40.5 Å². The van der Waals surface area contributed by atoms with Crippen molar-refractivity contribution in [3.8, 4) is 0 Å². The maximum Gasteiger partial charge on any atom is 0.326 e. The van der Waals surface area contributed by atoms with E-state index >= 15 is 0 Å². The fourth-order valence-corrected chi connectivity index (χ4v) is 4.63. The van der Waals surface area contributed by atoms with Gasteiger partial charge in [-0.25, -0.2) is 4.79 Å². The first-order chi connectivity index (χ1) is 19.9. The molecule has 1 aromatic heterocycles. The lowest BCUT2D eigenvalue weighted by atomic mass is 10.0. The third-order valence-electron chi connectivity index (χ3n) is 6.73. The number of aliphatic carboxylic acids is 1. The summed E-state index contributed by atoms with van der Waals surface area (Å²) in [4.78, 5) is 66.5. The number of carbonyl (C=O) groups excluding carboxylic acids is 4. The molecule has 2 aromatic carbocycles. The Morgan fingerprint density at radius 1 is 0.810 bits per heavy atom. The van der Waals surface area contributed by atoms with E-state index in [2.05, 4.69) is 20.9 Å². The van der Waals surface area contributed by atoms with Crippen LogP contribution in [0.4, 0.5) is 0 Å². The van der Waals surface area contributed by atoms with E-state index in [0.29, 0.717) is 12.0 Å². The van der Waals surface area contributed by atoms with Gasteiger partial charge in [0.15, 0.2) is 0 Å². The highest BCUT2D eigenvalue weighted by molar-refractivity contribution is 5.96. The van der Waals surface area contributed by atoms with Gasteiger partial charge in [0, 0.05) is 29.9 Å². The molecular formula is C30H38N6O6. The van der Waals surface area contributed by atoms with E-state index in [9.17, 15) is 29.1 Å². The summed E-state index contributed by atoms with van der Waals surface area (Å²) in [6.45, 7) is 3.83. The molecule has 3 rings (SSSR count). The lowest BCUT2D eigenvalue weighted by Gasteiger charge is -2.25. The smallest absolute Gasteiger partial charge is 0.326 e. The maximum absolute atomic E-state index is 13.6. The number of carboxylic acid groups (broad SMARTS) is 1. The topological polar surface area (TPSA) is 209 Å². The van der Waals surface area contributed by atoms with Crippen molar-refractivity contribution in [3.05, 3.63) is 71.9 Å². The molecule has 12 nitrogen and oxygen atoms in total. The second-order valence-electron chi connectivity index (χ2n) is 10.7. The molecule has 0 bridgehead atoms. The third-order valence-corrected chi connectivity index (χ3v) is 6.73. The minimum atomic E-state index is -1.49. The summed E-state index contributed by atoms with van der Waals surface area (Å²) < 4.78 is 0. The van der Waals surface area contributed by atoms with Gasteiger partial charge in [0.25, 0.3) is 0 Å². The minimum Gasteiger partial charge on any atom is -0.480 e. The van der Waals surface area contributed by atoms with Crippen LogP contribution in [0, 0.1) is 5.92 Å². The van der Waals surface area contributed by atoms with Crippen molar-refractivity contribution in [1.29, 1.82) is 0 Å². The molecule has 0 fully saturated rings. The minimum absolute atomic E-state index is 0.0217. The Labute approximate surface area is 243 Å². The predicted molar refractivity (Wildman–Crippen MR) is 157 cm³/mol. The first kappa shape index (κ1) is 31.8. The quantitative estimate of drug-likeness (QED) is 0.137. The van der Waals surface area contributed by atoms with Crippen LogP contribution < -0.4 is 27.4 Å². The molecule has 0 radical (unpaired) electrons. The molecule has 0 saturated carbocycles. The molecule has 0 aliphatic rings. The Morgan fingerprint density at radius 3 is 2.05 bits per heavy atom. The molecule has 0 aliphatic carbocycles. The van der Waals surface area contributed by atoms with Crippen LogP contribution in [0.15, 0.2) is 60.8 Å². The number of carbonyl (C=O) groups is 5. The van der Waals surface area contributed by atoms with Crippen molar-refractivity contribution in [2.75, 3.05) is 0 Å². The van der Waals surface area contributed by atoms with Crippen LogP contribution in [0.2, 0.25) is 0 Å². The molecule has 4 amide bonds. The number of H-pyrrole nitrogens is 1. The SMILES string of the molecule is CC(C)CC(N)C(=O)NC(Cc1c[nH]c2ccccc12)C(=O)NC(CC(N)=O)C(=O)NC(Cc1ccccc1)C(=O)O. The van der Waals surface area contributed by atoms with Crippen LogP contribution in [0.25, 0.3) is 10.9 Å². The Kier molecular flexibility index (Phi) is 11.2. The highest BCUT2D eigenvalue weighted by Crippen LogP contribution is 2.19. The van der Waals surface area contributed by atoms with Crippen molar-refractivity contribution in [3.63, 3.8) is 0 Å². The average Bonchev–Trinajstić information content (AvgIpc) is 3.34. The lowest BCUT2D eigenvalue weighted by molar-refractivity contribution is -0.142. The lowest BCUT2D eigenvalue weighted by Crippen LogP contribution is -2.58. The van der Waals surface area contributed by atoms with Crippen molar-refractivity contribution in [1.82, 2.24) is 20.9 Å². The maximum atomic E-state index is 13.6. The second-order valence-corrected chi connectivity index (χ2v) is 10.7. The normalized spacial score (nSPS) is 14.0. The van der Waals surface area contributed by atoms with E-state index in [4.69, 9.17) is 11.5 Å². The number of carboxylic acids is 1. The molecule has 0 aliphatic heterocycles. The number of primary amides is 1. The van der Waals surface area contributed by atoms with Gasteiger partial charge < -0.3 is 37.5 Å². The van der Waals surface area contributed by atoms with Crippen molar-refractivity contribution in [2.45, 2.75) is 63.7 Å². The molecule has 1 heterocycles. The fourth-order valence-electron chi connectivity index (χ4n) is 4.63. The average molecular weight is 579 g/mol. The molecule has 4 atom stereocenters. The van der Waals surface area contributed by atoms with Crippen LogP contribution in [-0.4, -0.2) is 63.9 Å². The van der Waals surface area contributed by atoms with Gasteiger partial charge in [-0.05, 0) is 29.5 Å². The van der Waals surface area contributed by atoms with E-state index in [-0.39, 0.29) is 18.8 Å². The predicted octanol–water partition coefficient (Wildman–Crippen LogP) is 0.741. The summed E-state index contributed by atoms with van der Waals surface area (Å²) in [5.74, 6) is -4.26. The largest absolute Gasteiger partial charge is 0.480 e. The molecule has 0 spiro atoms. The summed E-state index contributed by atoms with van der Waals surface area (Å²) in [5.41, 5.74) is 13.6. The van der Waals surface area contributed by atoms with E-state index in [1.54, 1.807) is 36.5 Å². The number of para-hydroxylation sites is 1. The van der Waals surface area contributed by atoms with Gasteiger partial charge in [-0.2, -0.15) is 0 Å². The summed E-state index contributed by atoms with van der Waals surface area (Å²) in [5, 5.41) is 18.1. The Morgan fingerprint density at radius 2 is 1.40 bits per heavy atom. The number of hydrogen-bond donors (Lipinski definition) is 7. The Balaban J connectivity index is 1.82. The number of aromatic nitrogens is 1. The molecule has 12 heteroatoms. The van der Waals surface area contributed by atoms with Crippen LogP contribution in [-0.2, 0) is 36.8 Å². The number of rotatable bonds is 15. The van der Waals surface area contributed by atoms with E-state index in [0.717, 1.165) is 16.5 Å². The van der Waals surface area contributed by atoms with Gasteiger partial charge in [0.05, 0.1) is 12.5 Å². The van der Waals surface area contributed by atoms with Gasteiger partial charge in [-0.3, -0.25) is 19.2 Å². The number of fused-ring (bicyclic) bond motifs is 1. The standard InChI is InChI=1S/C30H38N6O6/c1-17(2)12-21(31)27(38)34-23(14-19-16-33-22-11-7-6-10-20(19)22)28(39)35-24(15-26(32)37)29(40)36-25(30(41)42)13-18-8-4-3-5-9-18/h3-11,16-17,21,23-25,33H,12-15,31H2,1-2H3,(H2,32,37)(H,34,38)(H,35,39)(H,36,40)(H,41,42). The second kappa shape index (κ2) is 14.8. The van der Waals surface area contributed by atoms with Crippen LogP contribution in [0.1, 0.15) is 37.8 Å². The number of amides is 4.